The van der Waals surface area contributed by atoms with Crippen molar-refractivity contribution in [3.05, 3.63) is 0 Å². The van der Waals surface area contributed by atoms with Gasteiger partial charge in [0.25, 0.3) is 0 Å². The lowest BCUT2D eigenvalue weighted by Crippen LogP contribution is -2.47. The van der Waals surface area contributed by atoms with Gasteiger partial charge in [-0.25, -0.2) is 0 Å². The maximum absolute atomic E-state index is 10.5. The Hall–Kier alpha value is -0.810. The van der Waals surface area contributed by atoms with Crippen LogP contribution in [0, 0.1) is 11.8 Å². The minimum absolute atomic E-state index is 0.448. The quantitative estimate of drug-likeness (QED) is 0.548. The summed E-state index contributed by atoms with van der Waals surface area (Å²) in [5.74, 6) is 2.38. The number of hydrogen-bond donors (Lipinski definition) is 3. The van der Waals surface area contributed by atoms with Gasteiger partial charge in [-0.3, -0.25) is 4.99 Å². The molecule has 0 amide bonds. The summed E-state index contributed by atoms with van der Waals surface area (Å²) in [7, 11) is 0. The van der Waals surface area contributed by atoms with Crippen molar-refractivity contribution < 1.29 is 9.84 Å². The predicted octanol–water partition coefficient (Wildman–Crippen LogP) is 1.91. The molecule has 1 aliphatic carbocycles. The average Bonchev–Trinajstić information content (AvgIpc) is 2.45. The van der Waals surface area contributed by atoms with E-state index in [0.717, 1.165) is 24.3 Å². The second-order valence-corrected chi connectivity index (χ2v) is 7.29. The predicted molar refractivity (Wildman–Crippen MR) is 90.1 cm³/mol. The SMILES string of the molecule is CCNC(=NCC1(O)CCOCC1)NC1CC(C)CC(C)C1. The molecule has 2 aliphatic rings. The molecule has 1 heterocycles. The molecular formula is C17H33N3O2. The fraction of sp³-hybridized carbons (Fsp3) is 0.941. The zero-order valence-electron chi connectivity index (χ0n) is 14.4. The van der Waals surface area contributed by atoms with Crippen LogP contribution in [0.1, 0.15) is 52.9 Å². The minimum atomic E-state index is -0.701. The largest absolute Gasteiger partial charge is 0.388 e. The van der Waals surface area contributed by atoms with E-state index >= 15 is 0 Å². The summed E-state index contributed by atoms with van der Waals surface area (Å²) in [6.07, 6.45) is 5.08. The Morgan fingerprint density at radius 3 is 2.41 bits per heavy atom. The lowest BCUT2D eigenvalue weighted by atomic mass is 9.80. The van der Waals surface area contributed by atoms with Crippen LogP contribution >= 0.6 is 0 Å². The van der Waals surface area contributed by atoms with Gasteiger partial charge >= 0.3 is 0 Å². The molecule has 0 radical (unpaired) electrons. The summed E-state index contributed by atoms with van der Waals surface area (Å²) >= 11 is 0. The second kappa shape index (κ2) is 8.16. The highest BCUT2D eigenvalue weighted by Crippen LogP contribution is 2.28. The zero-order valence-corrected chi connectivity index (χ0v) is 14.4. The van der Waals surface area contributed by atoms with Crippen LogP contribution in [-0.2, 0) is 4.74 Å². The average molecular weight is 311 g/mol. The van der Waals surface area contributed by atoms with E-state index in [1.165, 1.54) is 19.3 Å². The summed E-state index contributed by atoms with van der Waals surface area (Å²) in [5, 5.41) is 17.4. The molecule has 0 aromatic rings. The summed E-state index contributed by atoms with van der Waals surface area (Å²) < 4.78 is 5.32. The van der Waals surface area contributed by atoms with Crippen molar-refractivity contribution >= 4 is 5.96 Å². The Labute approximate surface area is 134 Å². The maximum atomic E-state index is 10.5. The van der Waals surface area contributed by atoms with Gasteiger partial charge < -0.3 is 20.5 Å². The summed E-state index contributed by atoms with van der Waals surface area (Å²) in [6.45, 7) is 9.29. The van der Waals surface area contributed by atoms with Gasteiger partial charge in [0.1, 0.15) is 0 Å². The summed E-state index contributed by atoms with van der Waals surface area (Å²) in [4.78, 5) is 4.64. The third-order valence-electron chi connectivity index (χ3n) is 4.82. The monoisotopic (exact) mass is 311 g/mol. The number of rotatable bonds is 4. The van der Waals surface area contributed by atoms with Crippen LogP contribution in [0.15, 0.2) is 4.99 Å². The molecule has 2 rings (SSSR count). The van der Waals surface area contributed by atoms with Gasteiger partial charge in [-0.2, -0.15) is 0 Å². The molecule has 5 nitrogen and oxygen atoms in total. The topological polar surface area (TPSA) is 65.9 Å². The molecular weight excluding hydrogens is 278 g/mol. The van der Waals surface area contributed by atoms with Crippen LogP contribution in [-0.4, -0.2) is 49.0 Å². The molecule has 0 aromatic carbocycles. The van der Waals surface area contributed by atoms with Crippen molar-refractivity contribution in [3.63, 3.8) is 0 Å². The van der Waals surface area contributed by atoms with E-state index in [4.69, 9.17) is 4.74 Å². The fourth-order valence-corrected chi connectivity index (χ4v) is 3.71. The van der Waals surface area contributed by atoms with E-state index < -0.39 is 5.60 Å². The molecule has 1 saturated carbocycles. The molecule has 0 bridgehead atoms. The van der Waals surface area contributed by atoms with Crippen molar-refractivity contribution in [1.82, 2.24) is 10.6 Å². The van der Waals surface area contributed by atoms with Crippen LogP contribution in [0.25, 0.3) is 0 Å². The van der Waals surface area contributed by atoms with E-state index in [2.05, 4.69) is 36.4 Å². The highest BCUT2D eigenvalue weighted by atomic mass is 16.5. The first kappa shape index (κ1) is 17.5. The Kier molecular flexibility index (Phi) is 6.50. The third kappa shape index (κ3) is 5.43. The van der Waals surface area contributed by atoms with E-state index in [0.29, 0.717) is 38.6 Å². The third-order valence-corrected chi connectivity index (χ3v) is 4.82. The van der Waals surface area contributed by atoms with Crippen LogP contribution < -0.4 is 10.6 Å². The zero-order chi connectivity index (χ0) is 16.0. The molecule has 2 unspecified atom stereocenters. The van der Waals surface area contributed by atoms with Gasteiger partial charge in [-0.1, -0.05) is 13.8 Å². The van der Waals surface area contributed by atoms with Crippen molar-refractivity contribution in [2.45, 2.75) is 64.5 Å². The smallest absolute Gasteiger partial charge is 0.191 e. The van der Waals surface area contributed by atoms with E-state index in [9.17, 15) is 5.11 Å². The number of guanidine groups is 1. The molecule has 2 fully saturated rings. The van der Waals surface area contributed by atoms with Crippen molar-refractivity contribution in [1.29, 1.82) is 0 Å². The van der Waals surface area contributed by atoms with Gasteiger partial charge in [-0.05, 0) is 38.0 Å². The molecule has 2 atom stereocenters. The van der Waals surface area contributed by atoms with E-state index in [1.807, 2.05) is 0 Å². The molecule has 0 aromatic heterocycles. The molecule has 5 heteroatoms. The first-order chi connectivity index (χ1) is 10.5. The molecule has 3 N–H and O–H groups in total. The van der Waals surface area contributed by atoms with Crippen molar-refractivity contribution in [3.8, 4) is 0 Å². The molecule has 0 spiro atoms. The highest BCUT2D eigenvalue weighted by molar-refractivity contribution is 5.80. The highest BCUT2D eigenvalue weighted by Gasteiger charge is 2.30. The van der Waals surface area contributed by atoms with Gasteiger partial charge in [0.15, 0.2) is 5.96 Å². The minimum Gasteiger partial charge on any atom is -0.388 e. The van der Waals surface area contributed by atoms with Crippen molar-refractivity contribution in [2.24, 2.45) is 16.8 Å². The first-order valence-electron chi connectivity index (χ1n) is 8.85. The van der Waals surface area contributed by atoms with Crippen molar-refractivity contribution in [2.75, 3.05) is 26.3 Å². The Morgan fingerprint density at radius 2 is 1.82 bits per heavy atom. The lowest BCUT2D eigenvalue weighted by molar-refractivity contribution is -0.0566. The number of ether oxygens (including phenoxy) is 1. The van der Waals surface area contributed by atoms with Gasteiger partial charge in [0.05, 0.1) is 12.1 Å². The Morgan fingerprint density at radius 1 is 1.18 bits per heavy atom. The Bertz CT molecular complexity index is 357. The maximum Gasteiger partial charge on any atom is 0.191 e. The number of aliphatic imine (C=N–C) groups is 1. The number of hydrogen-bond acceptors (Lipinski definition) is 3. The molecule has 22 heavy (non-hydrogen) atoms. The van der Waals surface area contributed by atoms with E-state index in [-0.39, 0.29) is 0 Å². The number of nitrogens with one attached hydrogen (secondary N) is 2. The van der Waals surface area contributed by atoms with Crippen LogP contribution in [0.5, 0.6) is 0 Å². The number of nitrogens with zero attached hydrogens (tertiary/aromatic N) is 1. The fourth-order valence-electron chi connectivity index (χ4n) is 3.71. The Balaban J connectivity index is 1.91. The first-order valence-corrected chi connectivity index (χ1v) is 8.85. The molecule has 128 valence electrons. The van der Waals surface area contributed by atoms with E-state index in [1.54, 1.807) is 0 Å². The lowest BCUT2D eigenvalue weighted by Gasteiger charge is -2.34. The second-order valence-electron chi connectivity index (χ2n) is 7.29. The van der Waals surface area contributed by atoms with Crippen LogP contribution in [0.2, 0.25) is 0 Å². The summed E-state index contributed by atoms with van der Waals surface area (Å²) in [6, 6.07) is 0.487. The standard InChI is InChI=1S/C17H33N3O2/c1-4-18-16(19-12-17(21)5-7-22-8-6-17)20-15-10-13(2)9-14(3)11-15/h13-15,21H,4-12H2,1-3H3,(H2,18,19,20). The van der Waals surface area contributed by atoms with Gasteiger partial charge in [0.2, 0.25) is 0 Å². The number of aliphatic hydroxyl groups is 1. The molecule has 1 aliphatic heterocycles. The van der Waals surface area contributed by atoms with Gasteiger partial charge in [0, 0.05) is 38.6 Å². The summed E-state index contributed by atoms with van der Waals surface area (Å²) in [5.41, 5.74) is -0.701. The van der Waals surface area contributed by atoms with Gasteiger partial charge in [-0.15, -0.1) is 0 Å². The van der Waals surface area contributed by atoms with Crippen LogP contribution in [0.3, 0.4) is 0 Å². The normalized spacial score (nSPS) is 32.5. The van der Waals surface area contributed by atoms with Crippen LogP contribution in [0.4, 0.5) is 0 Å². The molecule has 1 saturated heterocycles.